The maximum Gasteiger partial charge on any atom is 0.0233 e. The zero-order valence-electron chi connectivity index (χ0n) is 11.1. The van der Waals surface area contributed by atoms with E-state index in [1.165, 1.54) is 16.9 Å². The van der Waals surface area contributed by atoms with Crippen molar-refractivity contribution in [1.29, 1.82) is 0 Å². The van der Waals surface area contributed by atoms with Gasteiger partial charge in [0.2, 0.25) is 0 Å². The predicted molar refractivity (Wildman–Crippen MR) is 73.9 cm³/mol. The molecule has 16 heavy (non-hydrogen) atoms. The second-order valence-corrected chi connectivity index (χ2v) is 6.08. The third-order valence-electron chi connectivity index (χ3n) is 3.21. The molecule has 0 atom stereocenters. The van der Waals surface area contributed by atoms with E-state index in [2.05, 4.69) is 63.3 Å². The van der Waals surface area contributed by atoms with Gasteiger partial charge in [-0.2, -0.15) is 0 Å². The van der Waals surface area contributed by atoms with Crippen molar-refractivity contribution in [2.24, 2.45) is 0 Å². The van der Waals surface area contributed by atoms with Crippen molar-refractivity contribution < 1.29 is 0 Å². The van der Waals surface area contributed by atoms with Gasteiger partial charge in [-0.05, 0) is 48.5 Å². The summed E-state index contributed by atoms with van der Waals surface area (Å²) < 4.78 is 2.25. The lowest BCUT2D eigenvalue weighted by Gasteiger charge is -2.24. The van der Waals surface area contributed by atoms with Gasteiger partial charge in [0.1, 0.15) is 0 Å². The summed E-state index contributed by atoms with van der Waals surface area (Å²) in [7, 11) is 2.13. The van der Waals surface area contributed by atoms with Crippen LogP contribution in [-0.4, -0.2) is 17.9 Å². The zero-order valence-corrected chi connectivity index (χ0v) is 11.9. The first kappa shape index (κ1) is 13.6. The minimum Gasteiger partial charge on any atom is -0.250 e. The molecule has 0 aliphatic rings. The van der Waals surface area contributed by atoms with E-state index in [1.807, 2.05) is 11.9 Å². The van der Waals surface area contributed by atoms with E-state index in [4.69, 9.17) is 0 Å². The summed E-state index contributed by atoms with van der Waals surface area (Å²) in [6.45, 7) is 10.1. The molecule has 0 N–H and O–H groups in total. The Labute approximate surface area is 104 Å². The molecule has 0 unspecified atom stereocenters. The molecule has 0 aliphatic carbocycles. The minimum absolute atomic E-state index is 0.279. The Bertz CT molecular complexity index is 333. The van der Waals surface area contributed by atoms with Crippen LogP contribution < -0.4 is 0 Å². The first-order valence-corrected chi connectivity index (χ1v) is 6.76. The van der Waals surface area contributed by atoms with Crippen LogP contribution in [0.5, 0.6) is 0 Å². The molecule has 0 aliphatic heterocycles. The van der Waals surface area contributed by atoms with Crippen LogP contribution in [0.3, 0.4) is 0 Å². The Morgan fingerprint density at radius 3 is 2.50 bits per heavy atom. The fraction of sp³-hybridized carbons (Fsp3) is 0.571. The molecule has 1 aromatic rings. The van der Waals surface area contributed by atoms with E-state index >= 15 is 0 Å². The molecule has 1 rings (SSSR count). The van der Waals surface area contributed by atoms with Crippen molar-refractivity contribution in [2.45, 2.75) is 44.4 Å². The zero-order chi connectivity index (χ0) is 12.2. The standard InChI is InChI=1S/C14H23NS/c1-6-14(3,4)12-9-8-10-13(11-12)16-15(5)7-2/h8-11H,6-7H2,1-5H3. The Hall–Kier alpha value is -0.470. The number of hydrogen-bond acceptors (Lipinski definition) is 2. The van der Waals surface area contributed by atoms with Gasteiger partial charge in [-0.15, -0.1) is 0 Å². The molecular weight excluding hydrogens is 214 g/mol. The lowest BCUT2D eigenvalue weighted by Crippen LogP contribution is -2.15. The van der Waals surface area contributed by atoms with Crippen molar-refractivity contribution in [3.8, 4) is 0 Å². The average Bonchev–Trinajstić information content (AvgIpc) is 2.29. The summed E-state index contributed by atoms with van der Waals surface area (Å²) in [6, 6.07) is 8.91. The van der Waals surface area contributed by atoms with Crippen LogP contribution >= 0.6 is 11.9 Å². The van der Waals surface area contributed by atoms with Gasteiger partial charge >= 0.3 is 0 Å². The van der Waals surface area contributed by atoms with E-state index in [0.29, 0.717) is 0 Å². The van der Waals surface area contributed by atoms with E-state index in [0.717, 1.165) is 6.54 Å². The van der Waals surface area contributed by atoms with Gasteiger partial charge in [0.25, 0.3) is 0 Å². The average molecular weight is 237 g/mol. The maximum atomic E-state index is 2.32. The van der Waals surface area contributed by atoms with Crippen molar-refractivity contribution in [3.63, 3.8) is 0 Å². The van der Waals surface area contributed by atoms with Crippen molar-refractivity contribution in [1.82, 2.24) is 4.31 Å². The van der Waals surface area contributed by atoms with Crippen LogP contribution in [0.15, 0.2) is 29.2 Å². The lowest BCUT2D eigenvalue weighted by atomic mass is 9.82. The van der Waals surface area contributed by atoms with Crippen LogP contribution in [0.2, 0.25) is 0 Å². The second kappa shape index (κ2) is 5.74. The number of hydrogen-bond donors (Lipinski definition) is 0. The Morgan fingerprint density at radius 1 is 1.25 bits per heavy atom. The van der Waals surface area contributed by atoms with Crippen LogP contribution in [0.25, 0.3) is 0 Å². The van der Waals surface area contributed by atoms with Gasteiger partial charge in [-0.1, -0.05) is 39.8 Å². The molecular formula is C14H23NS. The highest BCUT2D eigenvalue weighted by molar-refractivity contribution is 7.97. The maximum absolute atomic E-state index is 2.32. The molecule has 0 radical (unpaired) electrons. The van der Waals surface area contributed by atoms with E-state index in [9.17, 15) is 0 Å². The second-order valence-electron chi connectivity index (χ2n) is 4.80. The minimum atomic E-state index is 0.279. The topological polar surface area (TPSA) is 3.24 Å². The molecule has 0 aromatic heterocycles. The molecule has 0 spiro atoms. The SMILES string of the molecule is CCN(C)Sc1cccc(C(C)(C)CC)c1. The summed E-state index contributed by atoms with van der Waals surface area (Å²) >= 11 is 1.82. The largest absolute Gasteiger partial charge is 0.250 e. The molecule has 0 saturated heterocycles. The molecule has 0 saturated carbocycles. The first-order chi connectivity index (χ1) is 7.49. The molecule has 90 valence electrons. The molecule has 0 fully saturated rings. The summed E-state index contributed by atoms with van der Waals surface area (Å²) in [5, 5.41) is 0. The van der Waals surface area contributed by atoms with Crippen LogP contribution in [0, 0.1) is 0 Å². The van der Waals surface area contributed by atoms with Crippen LogP contribution in [-0.2, 0) is 5.41 Å². The number of rotatable bonds is 5. The van der Waals surface area contributed by atoms with E-state index in [1.54, 1.807) is 0 Å². The summed E-state index contributed by atoms with van der Waals surface area (Å²) in [4.78, 5) is 1.34. The number of nitrogens with zero attached hydrogens (tertiary/aromatic N) is 1. The number of benzene rings is 1. The van der Waals surface area contributed by atoms with Gasteiger partial charge in [0.05, 0.1) is 0 Å². The first-order valence-electron chi connectivity index (χ1n) is 5.99. The molecule has 0 heterocycles. The fourth-order valence-electron chi connectivity index (χ4n) is 1.42. The van der Waals surface area contributed by atoms with Crippen LogP contribution in [0.4, 0.5) is 0 Å². The van der Waals surface area contributed by atoms with Gasteiger partial charge < -0.3 is 0 Å². The summed E-state index contributed by atoms with van der Waals surface area (Å²) in [6.07, 6.45) is 1.17. The Morgan fingerprint density at radius 2 is 1.94 bits per heavy atom. The van der Waals surface area contributed by atoms with Gasteiger partial charge in [0, 0.05) is 11.4 Å². The lowest BCUT2D eigenvalue weighted by molar-refractivity contribution is 0.505. The monoisotopic (exact) mass is 237 g/mol. The highest BCUT2D eigenvalue weighted by atomic mass is 32.2. The van der Waals surface area contributed by atoms with E-state index < -0.39 is 0 Å². The van der Waals surface area contributed by atoms with Gasteiger partial charge in [-0.3, -0.25) is 0 Å². The summed E-state index contributed by atoms with van der Waals surface area (Å²) in [5.41, 5.74) is 1.71. The quantitative estimate of drug-likeness (QED) is 0.701. The normalized spacial score (nSPS) is 12.1. The predicted octanol–water partition coefficient (Wildman–Crippen LogP) is 4.33. The third kappa shape index (κ3) is 3.53. The Balaban J connectivity index is 2.87. The molecule has 1 aromatic carbocycles. The molecule has 0 bridgehead atoms. The van der Waals surface area contributed by atoms with Crippen molar-refractivity contribution >= 4 is 11.9 Å². The third-order valence-corrected chi connectivity index (χ3v) is 4.24. The van der Waals surface area contributed by atoms with Crippen molar-refractivity contribution in [3.05, 3.63) is 29.8 Å². The summed E-state index contributed by atoms with van der Waals surface area (Å²) in [5.74, 6) is 0. The molecule has 0 amide bonds. The van der Waals surface area contributed by atoms with Gasteiger partial charge in [-0.25, -0.2) is 4.31 Å². The fourth-order valence-corrected chi connectivity index (χ4v) is 2.23. The highest BCUT2D eigenvalue weighted by Crippen LogP contribution is 2.30. The van der Waals surface area contributed by atoms with Crippen molar-refractivity contribution in [2.75, 3.05) is 13.6 Å². The smallest absolute Gasteiger partial charge is 0.0233 e. The molecule has 2 heteroatoms. The highest BCUT2D eigenvalue weighted by Gasteiger charge is 2.18. The van der Waals surface area contributed by atoms with E-state index in [-0.39, 0.29) is 5.41 Å². The van der Waals surface area contributed by atoms with Crippen LogP contribution in [0.1, 0.15) is 39.7 Å². The molecule has 1 nitrogen and oxygen atoms in total. The Kier molecular flexibility index (Phi) is 4.88. The van der Waals surface area contributed by atoms with Gasteiger partial charge in [0.15, 0.2) is 0 Å².